The number of fused-ring (bicyclic) bond motifs is 1. The smallest absolute Gasteiger partial charge is 0.184 e. The molecule has 0 aliphatic heterocycles. The van der Waals surface area contributed by atoms with Gasteiger partial charge >= 0.3 is 0 Å². The standard InChI is InChI=1S/C13H11BrN2OS2/c1-17-8-2-4-10-11(6-8)19-13(16-10)15-7-9-3-5-12(14)18-9/h2-6H,7H2,1H3,(H,15,16). The second-order valence-electron chi connectivity index (χ2n) is 3.91. The first kappa shape index (κ1) is 12.9. The maximum absolute atomic E-state index is 5.22. The van der Waals surface area contributed by atoms with E-state index in [4.69, 9.17) is 4.74 Å². The Bertz CT molecular complexity index is 708. The molecule has 0 spiro atoms. The van der Waals surface area contributed by atoms with Gasteiger partial charge in [0.1, 0.15) is 5.75 Å². The van der Waals surface area contributed by atoms with Crippen molar-refractivity contribution in [2.45, 2.75) is 6.54 Å². The van der Waals surface area contributed by atoms with Crippen molar-refractivity contribution in [3.8, 4) is 5.75 Å². The van der Waals surface area contributed by atoms with Gasteiger partial charge in [-0.05, 0) is 46.3 Å². The number of benzene rings is 1. The lowest BCUT2D eigenvalue weighted by molar-refractivity contribution is 0.415. The molecule has 19 heavy (non-hydrogen) atoms. The lowest BCUT2D eigenvalue weighted by Crippen LogP contribution is -1.95. The summed E-state index contributed by atoms with van der Waals surface area (Å²) in [6, 6.07) is 10.1. The Kier molecular flexibility index (Phi) is 3.72. The summed E-state index contributed by atoms with van der Waals surface area (Å²) < 4.78 is 7.50. The number of thiophene rings is 1. The van der Waals surface area contributed by atoms with Crippen molar-refractivity contribution < 1.29 is 4.74 Å². The lowest BCUT2D eigenvalue weighted by atomic mass is 10.3. The van der Waals surface area contributed by atoms with E-state index >= 15 is 0 Å². The summed E-state index contributed by atoms with van der Waals surface area (Å²) in [6.07, 6.45) is 0. The van der Waals surface area contributed by atoms with Gasteiger partial charge in [-0.1, -0.05) is 11.3 Å². The zero-order chi connectivity index (χ0) is 13.2. The molecule has 98 valence electrons. The van der Waals surface area contributed by atoms with Crippen molar-refractivity contribution >= 4 is 54.0 Å². The SMILES string of the molecule is COc1ccc2nc(NCc3ccc(Br)s3)sc2c1. The molecule has 1 aromatic carbocycles. The Morgan fingerprint density at radius 3 is 2.89 bits per heavy atom. The number of halogens is 1. The molecular formula is C13H11BrN2OS2. The fourth-order valence-corrected chi connectivity index (χ4v) is 4.03. The van der Waals surface area contributed by atoms with Crippen molar-refractivity contribution in [1.29, 1.82) is 0 Å². The Balaban J connectivity index is 1.77. The first-order valence-corrected chi connectivity index (χ1v) is 8.10. The number of ether oxygens (including phenoxy) is 1. The monoisotopic (exact) mass is 354 g/mol. The molecule has 0 fully saturated rings. The lowest BCUT2D eigenvalue weighted by Gasteiger charge is -1.98. The Labute approximate surface area is 127 Å². The van der Waals surface area contributed by atoms with Crippen LogP contribution >= 0.6 is 38.6 Å². The van der Waals surface area contributed by atoms with Crippen LogP contribution in [0, 0.1) is 0 Å². The molecule has 2 aromatic heterocycles. The van der Waals surface area contributed by atoms with Crippen LogP contribution in [0.1, 0.15) is 4.88 Å². The van der Waals surface area contributed by atoms with E-state index in [-0.39, 0.29) is 0 Å². The molecule has 0 saturated heterocycles. The number of nitrogens with zero attached hydrogens (tertiary/aromatic N) is 1. The van der Waals surface area contributed by atoms with Crippen LogP contribution in [0.4, 0.5) is 5.13 Å². The highest BCUT2D eigenvalue weighted by Crippen LogP contribution is 2.30. The van der Waals surface area contributed by atoms with Crippen LogP contribution in [0.2, 0.25) is 0 Å². The first-order chi connectivity index (χ1) is 9.24. The molecule has 0 bridgehead atoms. The summed E-state index contributed by atoms with van der Waals surface area (Å²) in [5.41, 5.74) is 1.00. The third-order valence-corrected chi connectivity index (χ3v) is 5.24. The van der Waals surface area contributed by atoms with Gasteiger partial charge in [0.15, 0.2) is 5.13 Å². The normalized spacial score (nSPS) is 10.8. The molecule has 0 radical (unpaired) electrons. The zero-order valence-corrected chi connectivity index (χ0v) is 13.4. The van der Waals surface area contributed by atoms with E-state index in [1.165, 1.54) is 4.88 Å². The van der Waals surface area contributed by atoms with Crippen molar-refractivity contribution in [3.05, 3.63) is 39.0 Å². The molecule has 0 unspecified atom stereocenters. The van der Waals surface area contributed by atoms with E-state index in [1.54, 1.807) is 29.8 Å². The minimum absolute atomic E-state index is 0.799. The number of hydrogen-bond acceptors (Lipinski definition) is 5. The third-order valence-electron chi connectivity index (χ3n) is 2.64. The minimum atomic E-state index is 0.799. The number of hydrogen-bond donors (Lipinski definition) is 1. The second-order valence-corrected chi connectivity index (χ2v) is 7.49. The van der Waals surface area contributed by atoms with Crippen LogP contribution in [0.3, 0.4) is 0 Å². The highest BCUT2D eigenvalue weighted by atomic mass is 79.9. The molecule has 0 saturated carbocycles. The minimum Gasteiger partial charge on any atom is -0.497 e. The van der Waals surface area contributed by atoms with Gasteiger partial charge in [-0.3, -0.25) is 0 Å². The van der Waals surface area contributed by atoms with Crippen molar-refractivity contribution in [3.63, 3.8) is 0 Å². The molecule has 1 N–H and O–H groups in total. The van der Waals surface area contributed by atoms with Crippen LogP contribution in [0.25, 0.3) is 10.2 Å². The summed E-state index contributed by atoms with van der Waals surface area (Å²) >= 11 is 6.84. The van der Waals surface area contributed by atoms with E-state index in [1.807, 2.05) is 18.2 Å². The van der Waals surface area contributed by atoms with Crippen LogP contribution in [-0.2, 0) is 6.54 Å². The van der Waals surface area contributed by atoms with Gasteiger partial charge in [0.05, 0.1) is 27.7 Å². The quantitative estimate of drug-likeness (QED) is 0.734. The fraction of sp³-hybridized carbons (Fsp3) is 0.154. The van der Waals surface area contributed by atoms with Gasteiger partial charge in [-0.2, -0.15) is 0 Å². The number of rotatable bonds is 4. The summed E-state index contributed by atoms with van der Waals surface area (Å²) in [5.74, 6) is 0.866. The predicted molar refractivity (Wildman–Crippen MR) is 85.5 cm³/mol. The summed E-state index contributed by atoms with van der Waals surface area (Å²) in [5, 5.41) is 4.30. The van der Waals surface area contributed by atoms with Crippen molar-refractivity contribution in [1.82, 2.24) is 4.98 Å². The summed E-state index contributed by atoms with van der Waals surface area (Å²) in [7, 11) is 1.68. The van der Waals surface area contributed by atoms with Crippen LogP contribution < -0.4 is 10.1 Å². The van der Waals surface area contributed by atoms with Gasteiger partial charge in [0, 0.05) is 4.88 Å². The Morgan fingerprint density at radius 2 is 2.16 bits per heavy atom. The molecular weight excluding hydrogens is 344 g/mol. The highest BCUT2D eigenvalue weighted by molar-refractivity contribution is 9.11. The molecule has 0 aliphatic rings. The molecule has 3 aromatic rings. The van der Waals surface area contributed by atoms with E-state index in [0.29, 0.717) is 0 Å². The van der Waals surface area contributed by atoms with Crippen LogP contribution in [0.5, 0.6) is 5.75 Å². The number of aromatic nitrogens is 1. The summed E-state index contributed by atoms with van der Waals surface area (Å²) in [4.78, 5) is 5.84. The fourth-order valence-electron chi connectivity index (χ4n) is 1.72. The largest absolute Gasteiger partial charge is 0.497 e. The summed E-state index contributed by atoms with van der Waals surface area (Å²) in [6.45, 7) is 0.799. The van der Waals surface area contributed by atoms with E-state index in [0.717, 1.165) is 31.4 Å². The third kappa shape index (κ3) is 2.91. The average Bonchev–Trinajstić information content (AvgIpc) is 3.01. The highest BCUT2D eigenvalue weighted by Gasteiger charge is 2.05. The Hall–Kier alpha value is -1.11. The topological polar surface area (TPSA) is 34.1 Å². The first-order valence-electron chi connectivity index (χ1n) is 5.67. The van der Waals surface area contributed by atoms with Gasteiger partial charge < -0.3 is 10.1 Å². The average molecular weight is 355 g/mol. The Morgan fingerprint density at radius 1 is 1.26 bits per heavy atom. The van der Waals surface area contributed by atoms with Crippen LogP contribution in [-0.4, -0.2) is 12.1 Å². The van der Waals surface area contributed by atoms with E-state index in [2.05, 4.69) is 38.4 Å². The number of nitrogens with one attached hydrogen (secondary N) is 1. The molecule has 3 nitrogen and oxygen atoms in total. The van der Waals surface area contributed by atoms with Gasteiger partial charge in [0.25, 0.3) is 0 Å². The second kappa shape index (κ2) is 5.48. The van der Waals surface area contributed by atoms with Gasteiger partial charge in [-0.25, -0.2) is 4.98 Å². The molecule has 0 atom stereocenters. The number of methoxy groups -OCH3 is 1. The van der Waals surface area contributed by atoms with Crippen molar-refractivity contribution in [2.24, 2.45) is 0 Å². The zero-order valence-electron chi connectivity index (χ0n) is 10.1. The van der Waals surface area contributed by atoms with E-state index in [9.17, 15) is 0 Å². The molecule has 0 amide bonds. The molecule has 3 rings (SSSR count). The number of anilines is 1. The van der Waals surface area contributed by atoms with Crippen molar-refractivity contribution in [2.75, 3.05) is 12.4 Å². The van der Waals surface area contributed by atoms with Gasteiger partial charge in [-0.15, -0.1) is 11.3 Å². The maximum Gasteiger partial charge on any atom is 0.184 e. The maximum atomic E-state index is 5.22. The number of thiazole rings is 1. The molecule has 2 heterocycles. The predicted octanol–water partition coefficient (Wildman–Crippen LogP) is 4.74. The van der Waals surface area contributed by atoms with Gasteiger partial charge in [0.2, 0.25) is 0 Å². The molecule has 0 aliphatic carbocycles. The van der Waals surface area contributed by atoms with E-state index < -0.39 is 0 Å². The molecule has 6 heteroatoms. The van der Waals surface area contributed by atoms with Crippen LogP contribution in [0.15, 0.2) is 34.1 Å².